The molecule has 0 saturated carbocycles. The van der Waals surface area contributed by atoms with Crippen molar-refractivity contribution < 1.29 is 13.5 Å². The molecule has 1 aromatic carbocycles. The molecule has 0 aromatic heterocycles. The first-order valence-electron chi connectivity index (χ1n) is 5.41. The lowest BCUT2D eigenvalue weighted by Gasteiger charge is -2.11. The van der Waals surface area contributed by atoms with E-state index in [1.54, 1.807) is 12.1 Å². The third-order valence-electron chi connectivity index (χ3n) is 2.56. The van der Waals surface area contributed by atoms with Crippen molar-refractivity contribution in [2.45, 2.75) is 25.9 Å². The Balaban J connectivity index is 2.58. The SMILES string of the molecule is Cc1cc(C(O)CCCS(C)(=O)=O)ccc1Cl. The van der Waals surface area contributed by atoms with Gasteiger partial charge in [-0.3, -0.25) is 0 Å². The Hall–Kier alpha value is -0.580. The molecule has 3 nitrogen and oxygen atoms in total. The molecule has 1 unspecified atom stereocenters. The van der Waals surface area contributed by atoms with E-state index < -0.39 is 15.9 Å². The molecular weight excluding hydrogens is 260 g/mol. The van der Waals surface area contributed by atoms with Crippen molar-refractivity contribution in [1.82, 2.24) is 0 Å². The molecule has 0 heterocycles. The Morgan fingerprint density at radius 2 is 2.06 bits per heavy atom. The molecular formula is C12H17ClO3S. The molecule has 0 aliphatic heterocycles. The van der Waals surface area contributed by atoms with Gasteiger partial charge in [0.05, 0.1) is 6.10 Å². The van der Waals surface area contributed by atoms with Crippen molar-refractivity contribution in [3.8, 4) is 0 Å². The molecule has 0 amide bonds. The highest BCUT2D eigenvalue weighted by molar-refractivity contribution is 7.90. The number of aryl methyl sites for hydroxylation is 1. The van der Waals surface area contributed by atoms with Crippen LogP contribution in [0, 0.1) is 6.92 Å². The molecule has 1 rings (SSSR count). The van der Waals surface area contributed by atoms with Crippen molar-refractivity contribution in [1.29, 1.82) is 0 Å². The summed E-state index contributed by atoms with van der Waals surface area (Å²) in [6.45, 7) is 1.87. The molecule has 0 bridgehead atoms. The van der Waals surface area contributed by atoms with Gasteiger partial charge in [-0.15, -0.1) is 0 Å². The van der Waals surface area contributed by atoms with Crippen LogP contribution in [0.4, 0.5) is 0 Å². The fraction of sp³-hybridized carbons (Fsp3) is 0.500. The maximum Gasteiger partial charge on any atom is 0.147 e. The van der Waals surface area contributed by atoms with Gasteiger partial charge < -0.3 is 5.11 Å². The van der Waals surface area contributed by atoms with Crippen LogP contribution in [0.15, 0.2) is 18.2 Å². The molecule has 5 heteroatoms. The average Bonchev–Trinajstić information content (AvgIpc) is 2.20. The second-order valence-electron chi connectivity index (χ2n) is 4.30. The van der Waals surface area contributed by atoms with Gasteiger partial charge in [-0.25, -0.2) is 8.42 Å². The number of sulfone groups is 1. The second-order valence-corrected chi connectivity index (χ2v) is 6.96. The zero-order valence-corrected chi connectivity index (χ0v) is 11.6. The van der Waals surface area contributed by atoms with E-state index >= 15 is 0 Å². The van der Waals surface area contributed by atoms with Crippen molar-refractivity contribution in [2.75, 3.05) is 12.0 Å². The van der Waals surface area contributed by atoms with Gasteiger partial charge >= 0.3 is 0 Å². The lowest BCUT2D eigenvalue weighted by atomic mass is 10.0. The molecule has 1 aromatic rings. The third-order valence-corrected chi connectivity index (χ3v) is 4.01. The van der Waals surface area contributed by atoms with Crippen LogP contribution in [-0.2, 0) is 9.84 Å². The van der Waals surface area contributed by atoms with E-state index in [-0.39, 0.29) is 5.75 Å². The number of aliphatic hydroxyl groups excluding tert-OH is 1. The molecule has 0 radical (unpaired) electrons. The first-order valence-corrected chi connectivity index (χ1v) is 7.85. The molecule has 17 heavy (non-hydrogen) atoms. The standard InChI is InChI=1S/C12H17ClO3S/c1-9-8-10(5-6-11(9)13)12(14)4-3-7-17(2,15)16/h5-6,8,12,14H,3-4,7H2,1-2H3. The van der Waals surface area contributed by atoms with E-state index in [4.69, 9.17) is 11.6 Å². The van der Waals surface area contributed by atoms with Crippen LogP contribution in [0.2, 0.25) is 5.02 Å². The van der Waals surface area contributed by atoms with Crippen LogP contribution in [-0.4, -0.2) is 25.5 Å². The summed E-state index contributed by atoms with van der Waals surface area (Å²) in [5, 5.41) is 10.6. The van der Waals surface area contributed by atoms with Crippen LogP contribution < -0.4 is 0 Å². The fourth-order valence-corrected chi connectivity index (χ4v) is 2.39. The summed E-state index contributed by atoms with van der Waals surface area (Å²) in [5.74, 6) is 0.108. The van der Waals surface area contributed by atoms with E-state index in [0.717, 1.165) is 11.1 Å². The Morgan fingerprint density at radius 1 is 1.41 bits per heavy atom. The van der Waals surface area contributed by atoms with Gasteiger partial charge in [0.15, 0.2) is 0 Å². The molecule has 1 atom stereocenters. The van der Waals surface area contributed by atoms with E-state index in [9.17, 15) is 13.5 Å². The molecule has 0 aliphatic carbocycles. The Kier molecular flexibility index (Phi) is 4.98. The predicted octanol–water partition coefficient (Wildman–Crippen LogP) is 2.51. The van der Waals surface area contributed by atoms with Gasteiger partial charge in [0.25, 0.3) is 0 Å². The number of hydrogen-bond acceptors (Lipinski definition) is 3. The summed E-state index contributed by atoms with van der Waals surface area (Å²) in [4.78, 5) is 0. The number of hydrogen-bond donors (Lipinski definition) is 1. The van der Waals surface area contributed by atoms with E-state index in [1.165, 1.54) is 6.26 Å². The maximum absolute atomic E-state index is 10.9. The molecule has 0 fully saturated rings. The summed E-state index contributed by atoms with van der Waals surface area (Å²) in [5.41, 5.74) is 1.69. The van der Waals surface area contributed by atoms with Crippen LogP contribution in [0.25, 0.3) is 0 Å². The van der Waals surface area contributed by atoms with Crippen LogP contribution in [0.5, 0.6) is 0 Å². The minimum absolute atomic E-state index is 0.108. The molecule has 0 saturated heterocycles. The Bertz CT molecular complexity index is 483. The smallest absolute Gasteiger partial charge is 0.147 e. The van der Waals surface area contributed by atoms with Crippen LogP contribution >= 0.6 is 11.6 Å². The monoisotopic (exact) mass is 276 g/mol. The van der Waals surface area contributed by atoms with E-state index in [0.29, 0.717) is 17.9 Å². The normalized spacial score (nSPS) is 13.6. The lowest BCUT2D eigenvalue weighted by Crippen LogP contribution is -2.06. The minimum atomic E-state index is -2.95. The highest BCUT2D eigenvalue weighted by atomic mass is 35.5. The first-order chi connectivity index (χ1) is 7.79. The highest BCUT2D eigenvalue weighted by Crippen LogP contribution is 2.23. The molecule has 0 spiro atoms. The van der Waals surface area contributed by atoms with Gasteiger partial charge in [-0.05, 0) is 37.0 Å². The number of benzene rings is 1. The lowest BCUT2D eigenvalue weighted by molar-refractivity contribution is 0.166. The number of rotatable bonds is 5. The van der Waals surface area contributed by atoms with Crippen LogP contribution in [0.3, 0.4) is 0 Å². The van der Waals surface area contributed by atoms with E-state index in [2.05, 4.69) is 0 Å². The van der Waals surface area contributed by atoms with Crippen molar-refractivity contribution in [2.24, 2.45) is 0 Å². The van der Waals surface area contributed by atoms with Crippen molar-refractivity contribution in [3.05, 3.63) is 34.3 Å². The molecule has 0 aliphatic rings. The van der Waals surface area contributed by atoms with E-state index in [1.807, 2.05) is 13.0 Å². The Morgan fingerprint density at radius 3 is 2.59 bits per heavy atom. The summed E-state index contributed by atoms with van der Waals surface area (Å²) < 4.78 is 21.9. The Labute approximate surface area is 107 Å². The summed E-state index contributed by atoms with van der Waals surface area (Å²) in [6, 6.07) is 5.33. The largest absolute Gasteiger partial charge is 0.388 e. The van der Waals surface area contributed by atoms with Gasteiger partial charge in [-0.2, -0.15) is 0 Å². The van der Waals surface area contributed by atoms with Gasteiger partial charge in [0.1, 0.15) is 9.84 Å². The quantitative estimate of drug-likeness (QED) is 0.899. The summed E-state index contributed by atoms with van der Waals surface area (Å²) in [7, 11) is -2.95. The minimum Gasteiger partial charge on any atom is -0.388 e. The molecule has 1 N–H and O–H groups in total. The highest BCUT2D eigenvalue weighted by Gasteiger charge is 2.10. The first kappa shape index (κ1) is 14.5. The molecule has 96 valence electrons. The number of aliphatic hydroxyl groups is 1. The average molecular weight is 277 g/mol. The third kappa shape index (κ3) is 5.06. The summed E-state index contributed by atoms with van der Waals surface area (Å²) in [6.07, 6.45) is 1.47. The van der Waals surface area contributed by atoms with Crippen LogP contribution in [0.1, 0.15) is 30.1 Å². The summed E-state index contributed by atoms with van der Waals surface area (Å²) >= 11 is 5.89. The zero-order chi connectivity index (χ0) is 13.1. The van der Waals surface area contributed by atoms with Gasteiger partial charge in [0, 0.05) is 17.0 Å². The topological polar surface area (TPSA) is 54.4 Å². The second kappa shape index (κ2) is 5.85. The number of halogens is 1. The maximum atomic E-state index is 10.9. The van der Waals surface area contributed by atoms with Gasteiger partial charge in [0.2, 0.25) is 0 Å². The van der Waals surface area contributed by atoms with Crippen molar-refractivity contribution >= 4 is 21.4 Å². The van der Waals surface area contributed by atoms with Gasteiger partial charge in [-0.1, -0.05) is 23.7 Å². The zero-order valence-electron chi connectivity index (χ0n) is 9.98. The van der Waals surface area contributed by atoms with Crippen molar-refractivity contribution in [3.63, 3.8) is 0 Å². The fourth-order valence-electron chi connectivity index (χ4n) is 1.58. The predicted molar refractivity (Wildman–Crippen MR) is 70.1 cm³/mol.